The van der Waals surface area contributed by atoms with Crippen LogP contribution in [0.25, 0.3) is 0 Å². The van der Waals surface area contributed by atoms with Crippen molar-refractivity contribution in [3.63, 3.8) is 0 Å². The van der Waals surface area contributed by atoms with E-state index in [1.807, 2.05) is 0 Å². The van der Waals surface area contributed by atoms with Gasteiger partial charge in [0.2, 0.25) is 5.91 Å². The molecule has 0 rings (SSSR count). The smallest absolute Gasteiger partial charge is 0.234 e. The van der Waals surface area contributed by atoms with Crippen LogP contribution in [0.2, 0.25) is 0 Å². The fourth-order valence-electron chi connectivity index (χ4n) is 0.357. The number of nitrogens with two attached hydrogens (primary N) is 2. The summed E-state index contributed by atoms with van der Waals surface area (Å²) in [5.41, 5.74) is 9.93. The van der Waals surface area contributed by atoms with Gasteiger partial charge in [0.1, 0.15) is 0 Å². The van der Waals surface area contributed by atoms with Crippen molar-refractivity contribution in [3.05, 3.63) is 0 Å². The van der Waals surface area contributed by atoms with E-state index in [1.165, 1.54) is 0 Å². The van der Waals surface area contributed by atoms with Gasteiger partial charge < -0.3 is 11.5 Å². The summed E-state index contributed by atoms with van der Waals surface area (Å²) in [6, 6.07) is -0.702. The molecular weight excluding hydrogens is 120 g/mol. The molecule has 0 saturated carbocycles. The molecule has 0 aromatic rings. The van der Waals surface area contributed by atoms with Crippen molar-refractivity contribution in [1.82, 2.24) is 0 Å². The maximum absolute atomic E-state index is 10.2. The number of amides is 1. The van der Waals surface area contributed by atoms with Gasteiger partial charge in [0, 0.05) is 6.42 Å². The zero-order chi connectivity index (χ0) is 7.28. The van der Waals surface area contributed by atoms with E-state index in [1.54, 1.807) is 6.29 Å². The second-order valence-electron chi connectivity index (χ2n) is 1.69. The summed E-state index contributed by atoms with van der Waals surface area (Å²) in [6.45, 7) is 0. The van der Waals surface area contributed by atoms with Crippen molar-refractivity contribution in [3.8, 4) is 0 Å². The topological polar surface area (TPSA) is 86.2 Å². The van der Waals surface area contributed by atoms with E-state index in [0.29, 0.717) is 6.42 Å². The molecule has 1 amide bonds. The van der Waals surface area contributed by atoms with E-state index < -0.39 is 11.9 Å². The number of primary amides is 1. The highest BCUT2D eigenvalue weighted by Gasteiger charge is 2.06. The summed E-state index contributed by atoms with van der Waals surface area (Å²) in [5, 5.41) is 0. The predicted molar refractivity (Wildman–Crippen MR) is 32.1 cm³/mol. The molecule has 4 nitrogen and oxygen atoms in total. The third-order valence-electron chi connectivity index (χ3n) is 0.923. The Bertz CT molecular complexity index is 114. The maximum Gasteiger partial charge on any atom is 0.234 e. The van der Waals surface area contributed by atoms with Gasteiger partial charge >= 0.3 is 0 Å². The van der Waals surface area contributed by atoms with E-state index >= 15 is 0 Å². The average molecular weight is 129 g/mol. The van der Waals surface area contributed by atoms with Crippen LogP contribution in [0.15, 0.2) is 0 Å². The van der Waals surface area contributed by atoms with Crippen LogP contribution in [0.3, 0.4) is 0 Å². The monoisotopic (exact) mass is 129 g/mol. The molecule has 1 unspecified atom stereocenters. The fourth-order valence-corrected chi connectivity index (χ4v) is 0.357. The summed E-state index contributed by atoms with van der Waals surface area (Å²) in [6.07, 6.45) is 2.08. The number of hydrogen-bond donors (Lipinski definition) is 2. The number of rotatable bonds is 4. The van der Waals surface area contributed by atoms with Crippen molar-refractivity contribution in [2.24, 2.45) is 11.5 Å². The van der Waals surface area contributed by atoms with Crippen molar-refractivity contribution < 1.29 is 9.59 Å². The molecule has 0 bridgehead atoms. The highest BCUT2D eigenvalue weighted by molar-refractivity contribution is 5.79. The van der Waals surface area contributed by atoms with Crippen molar-refractivity contribution in [1.29, 1.82) is 0 Å². The van der Waals surface area contributed by atoms with Gasteiger partial charge in [-0.2, -0.15) is 0 Å². The van der Waals surface area contributed by atoms with Gasteiger partial charge in [-0.15, -0.1) is 0 Å². The molecule has 1 atom stereocenters. The van der Waals surface area contributed by atoms with E-state index in [-0.39, 0.29) is 6.42 Å². The van der Waals surface area contributed by atoms with Gasteiger partial charge in [0.25, 0.3) is 0 Å². The predicted octanol–water partition coefficient (Wildman–Crippen LogP) is -1.31. The van der Waals surface area contributed by atoms with Gasteiger partial charge in [-0.25, -0.2) is 0 Å². The molecule has 4 heteroatoms. The summed E-state index contributed by atoms with van der Waals surface area (Å²) >= 11 is 0. The van der Waals surface area contributed by atoms with Crippen LogP contribution < -0.4 is 11.5 Å². The lowest BCUT2D eigenvalue weighted by molar-refractivity contribution is -0.119. The minimum atomic E-state index is -0.702. The largest absolute Gasteiger partial charge is 0.368 e. The lowest BCUT2D eigenvalue weighted by atomic mass is 10.2. The molecule has 0 spiro atoms. The summed E-state index contributed by atoms with van der Waals surface area (Å²) in [5.74, 6) is -0.578. The number of hydrogen-bond acceptors (Lipinski definition) is 3. The minimum Gasteiger partial charge on any atom is -0.368 e. The Morgan fingerprint density at radius 2 is 2.22 bits per heavy atom. The molecular formula is C5H9N2O2. The van der Waals surface area contributed by atoms with Crippen molar-refractivity contribution in [2.75, 3.05) is 0 Å². The zero-order valence-electron chi connectivity index (χ0n) is 4.96. The van der Waals surface area contributed by atoms with Gasteiger partial charge in [-0.05, 0) is 6.42 Å². The maximum atomic E-state index is 10.2. The molecule has 4 N–H and O–H groups in total. The Hall–Kier alpha value is -0.900. The Balaban J connectivity index is 3.37. The lowest BCUT2D eigenvalue weighted by Crippen LogP contribution is -2.36. The normalized spacial score (nSPS) is 12.6. The summed E-state index contributed by atoms with van der Waals surface area (Å²) < 4.78 is 0. The first kappa shape index (κ1) is 8.10. The Morgan fingerprint density at radius 3 is 2.56 bits per heavy atom. The van der Waals surface area contributed by atoms with Gasteiger partial charge in [0.05, 0.1) is 6.04 Å². The highest BCUT2D eigenvalue weighted by Crippen LogP contribution is 1.88. The second kappa shape index (κ2) is 4.03. The van der Waals surface area contributed by atoms with Gasteiger partial charge in [-0.3, -0.25) is 9.59 Å². The Morgan fingerprint density at radius 1 is 1.67 bits per heavy atom. The van der Waals surface area contributed by atoms with Crippen LogP contribution in [0, 0.1) is 0 Å². The van der Waals surface area contributed by atoms with Crippen molar-refractivity contribution in [2.45, 2.75) is 18.9 Å². The molecule has 51 valence electrons. The van der Waals surface area contributed by atoms with Crippen LogP contribution in [0.1, 0.15) is 12.8 Å². The molecule has 1 radical (unpaired) electrons. The first-order valence-corrected chi connectivity index (χ1v) is 2.58. The van der Waals surface area contributed by atoms with E-state index in [9.17, 15) is 9.59 Å². The summed E-state index contributed by atoms with van der Waals surface area (Å²) in [7, 11) is 0. The fraction of sp³-hybridized carbons (Fsp3) is 0.600. The van der Waals surface area contributed by atoms with E-state index in [2.05, 4.69) is 0 Å². The standard InChI is InChI=1S/C5H9N2O2/c6-4(5(7)9)2-1-3-8/h4H,1-2,6H2,(H2,7,9). The van der Waals surface area contributed by atoms with Crippen LogP contribution in [0.5, 0.6) is 0 Å². The molecule has 0 heterocycles. The summed E-state index contributed by atoms with van der Waals surface area (Å²) in [4.78, 5) is 19.8. The SMILES string of the molecule is NC(=O)C(N)CC[C]=O. The lowest BCUT2D eigenvalue weighted by Gasteiger charge is -2.01. The Kier molecular flexibility index (Phi) is 3.62. The van der Waals surface area contributed by atoms with Crippen LogP contribution >= 0.6 is 0 Å². The highest BCUT2D eigenvalue weighted by atomic mass is 16.1. The first-order valence-electron chi connectivity index (χ1n) is 2.58. The van der Waals surface area contributed by atoms with E-state index in [4.69, 9.17) is 11.5 Å². The van der Waals surface area contributed by atoms with Crippen LogP contribution in [-0.2, 0) is 9.59 Å². The van der Waals surface area contributed by atoms with Crippen LogP contribution in [0.4, 0.5) is 0 Å². The third kappa shape index (κ3) is 3.66. The van der Waals surface area contributed by atoms with Crippen LogP contribution in [-0.4, -0.2) is 18.2 Å². The molecule has 0 aliphatic carbocycles. The number of carbonyl (C=O) groups is 1. The quantitative estimate of drug-likeness (QED) is 0.494. The minimum absolute atomic E-state index is 0.171. The van der Waals surface area contributed by atoms with E-state index in [0.717, 1.165) is 0 Å². The third-order valence-corrected chi connectivity index (χ3v) is 0.923. The average Bonchev–Trinajstić information content (AvgIpc) is 1.82. The van der Waals surface area contributed by atoms with Gasteiger partial charge in [0.15, 0.2) is 6.29 Å². The molecule has 9 heavy (non-hydrogen) atoms. The molecule has 0 saturated heterocycles. The first-order chi connectivity index (χ1) is 4.18. The number of carbonyl (C=O) groups excluding carboxylic acids is 2. The second-order valence-corrected chi connectivity index (χ2v) is 1.69. The molecule has 0 aliphatic rings. The van der Waals surface area contributed by atoms with Crippen molar-refractivity contribution >= 4 is 12.2 Å². The van der Waals surface area contributed by atoms with Gasteiger partial charge in [-0.1, -0.05) is 0 Å². The molecule has 0 aromatic carbocycles. The molecule has 0 aromatic heterocycles. The zero-order valence-corrected chi connectivity index (χ0v) is 4.96. The molecule has 0 aliphatic heterocycles. The molecule has 0 fully saturated rings. The Labute approximate surface area is 53.2 Å².